The second kappa shape index (κ2) is 6.30. The lowest BCUT2D eigenvalue weighted by Crippen LogP contribution is -2.20. The fourth-order valence-electron chi connectivity index (χ4n) is 2.39. The monoisotopic (exact) mass is 279 g/mol. The maximum Gasteiger partial charge on any atom is 0.193 e. The Morgan fingerprint density at radius 1 is 1.53 bits per heavy atom. The van der Waals surface area contributed by atoms with Crippen LogP contribution in [-0.2, 0) is 11.2 Å². The van der Waals surface area contributed by atoms with Crippen molar-refractivity contribution in [3.05, 3.63) is 23.5 Å². The van der Waals surface area contributed by atoms with E-state index in [1.807, 2.05) is 22.2 Å². The first kappa shape index (κ1) is 14.2. The quantitative estimate of drug-likeness (QED) is 0.847. The highest BCUT2D eigenvalue weighted by atomic mass is 32.1. The summed E-state index contributed by atoms with van der Waals surface area (Å²) in [6.45, 7) is 4.91. The Labute approximate surface area is 117 Å². The maximum absolute atomic E-state index is 12.1. The second-order valence-electron chi connectivity index (χ2n) is 5.48. The molecule has 0 saturated carbocycles. The van der Waals surface area contributed by atoms with E-state index >= 15 is 0 Å². The molecule has 0 spiro atoms. The van der Waals surface area contributed by atoms with Crippen molar-refractivity contribution in [2.75, 3.05) is 6.54 Å². The van der Waals surface area contributed by atoms with Crippen LogP contribution in [0.3, 0.4) is 0 Å². The van der Waals surface area contributed by atoms with Crippen LogP contribution in [0.1, 0.15) is 32.4 Å². The number of imidazole rings is 1. The number of rotatable bonds is 7. The standard InChI is InChI=1S/C14H21N3OS/c1-10(2)5-11(8-15)6-13(18)7-12-9-17-3-4-19-14(17)16-12/h3-4,9-11H,5-8,15H2,1-2H3. The predicted molar refractivity (Wildman–Crippen MR) is 78.4 cm³/mol. The van der Waals surface area contributed by atoms with E-state index in [1.165, 1.54) is 0 Å². The van der Waals surface area contributed by atoms with Crippen molar-refractivity contribution in [2.24, 2.45) is 17.6 Å². The summed E-state index contributed by atoms with van der Waals surface area (Å²) in [4.78, 5) is 17.4. The lowest BCUT2D eigenvalue weighted by atomic mass is 9.91. The van der Waals surface area contributed by atoms with Gasteiger partial charge in [-0.1, -0.05) is 13.8 Å². The number of thiazole rings is 1. The van der Waals surface area contributed by atoms with Crippen LogP contribution in [0.15, 0.2) is 17.8 Å². The summed E-state index contributed by atoms with van der Waals surface area (Å²) in [5, 5.41) is 1.99. The molecule has 0 saturated heterocycles. The summed E-state index contributed by atoms with van der Waals surface area (Å²) in [6.07, 6.45) is 5.90. The van der Waals surface area contributed by atoms with Gasteiger partial charge in [0.25, 0.3) is 0 Å². The van der Waals surface area contributed by atoms with Crippen LogP contribution in [0.2, 0.25) is 0 Å². The average molecular weight is 279 g/mol. The molecule has 2 aromatic heterocycles. The minimum absolute atomic E-state index is 0.238. The summed E-state index contributed by atoms with van der Waals surface area (Å²) in [5.41, 5.74) is 6.60. The first-order valence-electron chi connectivity index (χ1n) is 6.71. The topological polar surface area (TPSA) is 60.4 Å². The molecule has 19 heavy (non-hydrogen) atoms. The Morgan fingerprint density at radius 3 is 2.95 bits per heavy atom. The third-order valence-electron chi connectivity index (χ3n) is 3.18. The highest BCUT2D eigenvalue weighted by Gasteiger charge is 2.15. The van der Waals surface area contributed by atoms with Crippen molar-refractivity contribution in [3.63, 3.8) is 0 Å². The van der Waals surface area contributed by atoms with Crippen LogP contribution in [0.25, 0.3) is 4.96 Å². The molecule has 1 atom stereocenters. The molecule has 0 fully saturated rings. The molecule has 0 amide bonds. The van der Waals surface area contributed by atoms with Crippen LogP contribution >= 0.6 is 11.3 Å². The molecule has 4 nitrogen and oxygen atoms in total. The molecule has 2 rings (SSSR count). The zero-order chi connectivity index (χ0) is 13.8. The summed E-state index contributed by atoms with van der Waals surface area (Å²) in [5.74, 6) is 1.12. The minimum atomic E-state index is 0.238. The lowest BCUT2D eigenvalue weighted by Gasteiger charge is -2.15. The number of ketones is 1. The van der Waals surface area contributed by atoms with E-state index in [1.54, 1.807) is 11.3 Å². The van der Waals surface area contributed by atoms with Crippen LogP contribution in [0.4, 0.5) is 0 Å². The number of fused-ring (bicyclic) bond motifs is 1. The maximum atomic E-state index is 12.1. The molecule has 0 radical (unpaired) electrons. The van der Waals surface area contributed by atoms with Crippen LogP contribution in [0, 0.1) is 11.8 Å². The number of carbonyl (C=O) groups is 1. The average Bonchev–Trinajstić information content (AvgIpc) is 2.87. The Kier molecular flexibility index (Phi) is 4.71. The van der Waals surface area contributed by atoms with E-state index < -0.39 is 0 Å². The Hall–Kier alpha value is -1.20. The molecule has 0 aliphatic rings. The molecule has 0 bridgehead atoms. The van der Waals surface area contributed by atoms with E-state index in [4.69, 9.17) is 5.73 Å². The Bertz CT molecular complexity index is 515. The molecule has 0 aliphatic heterocycles. The predicted octanol–water partition coefficient (Wildman–Crippen LogP) is 2.52. The largest absolute Gasteiger partial charge is 0.330 e. The fourth-order valence-corrected chi connectivity index (χ4v) is 3.11. The van der Waals surface area contributed by atoms with Crippen LogP contribution < -0.4 is 5.73 Å². The van der Waals surface area contributed by atoms with E-state index in [2.05, 4.69) is 18.8 Å². The highest BCUT2D eigenvalue weighted by molar-refractivity contribution is 7.15. The SMILES string of the molecule is CC(C)CC(CN)CC(=O)Cc1cn2ccsc2n1. The molecule has 5 heteroatoms. The number of hydrogen-bond acceptors (Lipinski definition) is 4. The molecule has 2 N–H and O–H groups in total. The Balaban J connectivity index is 1.91. The van der Waals surface area contributed by atoms with Crippen molar-refractivity contribution in [2.45, 2.75) is 33.1 Å². The zero-order valence-corrected chi connectivity index (χ0v) is 12.3. The summed E-state index contributed by atoms with van der Waals surface area (Å²) in [6, 6.07) is 0. The van der Waals surface area contributed by atoms with Gasteiger partial charge in [-0.3, -0.25) is 9.20 Å². The molecular formula is C14H21N3OS. The first-order chi connectivity index (χ1) is 9.08. The van der Waals surface area contributed by atoms with Crippen molar-refractivity contribution in [1.29, 1.82) is 0 Å². The van der Waals surface area contributed by atoms with Crippen molar-refractivity contribution < 1.29 is 4.79 Å². The number of Topliss-reactive ketones (excluding diaryl/α,β-unsaturated/α-hetero) is 1. The van der Waals surface area contributed by atoms with E-state index in [0.717, 1.165) is 17.1 Å². The third-order valence-corrected chi connectivity index (χ3v) is 3.95. The number of carbonyl (C=O) groups excluding carboxylic acids is 1. The molecule has 2 aromatic rings. The summed E-state index contributed by atoms with van der Waals surface area (Å²) < 4.78 is 1.96. The van der Waals surface area contributed by atoms with Gasteiger partial charge >= 0.3 is 0 Å². The van der Waals surface area contributed by atoms with Gasteiger partial charge in [0.1, 0.15) is 5.78 Å². The van der Waals surface area contributed by atoms with Gasteiger partial charge in [-0.25, -0.2) is 4.98 Å². The van der Waals surface area contributed by atoms with Gasteiger partial charge in [-0.2, -0.15) is 0 Å². The lowest BCUT2D eigenvalue weighted by molar-refractivity contribution is -0.119. The summed E-state index contributed by atoms with van der Waals surface area (Å²) >= 11 is 1.58. The van der Waals surface area contributed by atoms with Gasteiger partial charge < -0.3 is 5.73 Å². The minimum Gasteiger partial charge on any atom is -0.330 e. The molecule has 0 aliphatic carbocycles. The fraction of sp³-hybridized carbons (Fsp3) is 0.571. The van der Waals surface area contributed by atoms with Crippen LogP contribution in [0.5, 0.6) is 0 Å². The van der Waals surface area contributed by atoms with Gasteiger partial charge in [-0.15, -0.1) is 11.3 Å². The first-order valence-corrected chi connectivity index (χ1v) is 7.59. The van der Waals surface area contributed by atoms with Gasteiger partial charge in [0.15, 0.2) is 4.96 Å². The Morgan fingerprint density at radius 2 is 2.32 bits per heavy atom. The molecule has 0 aromatic carbocycles. The van der Waals surface area contributed by atoms with Crippen molar-refractivity contribution >= 4 is 22.1 Å². The van der Waals surface area contributed by atoms with E-state index in [-0.39, 0.29) is 5.78 Å². The number of hydrogen-bond donors (Lipinski definition) is 1. The third kappa shape index (κ3) is 3.88. The van der Waals surface area contributed by atoms with Crippen molar-refractivity contribution in [3.8, 4) is 0 Å². The number of nitrogens with two attached hydrogens (primary N) is 1. The van der Waals surface area contributed by atoms with Gasteiger partial charge in [-0.05, 0) is 24.8 Å². The smallest absolute Gasteiger partial charge is 0.193 e. The van der Waals surface area contributed by atoms with Gasteiger partial charge in [0.2, 0.25) is 0 Å². The highest BCUT2D eigenvalue weighted by Crippen LogP contribution is 2.17. The molecular weight excluding hydrogens is 258 g/mol. The summed E-state index contributed by atoms with van der Waals surface area (Å²) in [7, 11) is 0. The molecule has 2 heterocycles. The molecule has 104 valence electrons. The van der Waals surface area contributed by atoms with E-state index in [0.29, 0.717) is 31.2 Å². The number of nitrogens with zero attached hydrogens (tertiary/aromatic N) is 2. The number of aromatic nitrogens is 2. The van der Waals surface area contributed by atoms with Crippen molar-refractivity contribution in [1.82, 2.24) is 9.38 Å². The van der Waals surface area contributed by atoms with Gasteiger partial charge in [0, 0.05) is 24.2 Å². The van der Waals surface area contributed by atoms with E-state index in [9.17, 15) is 4.79 Å². The second-order valence-corrected chi connectivity index (χ2v) is 6.35. The molecule has 1 unspecified atom stereocenters. The van der Waals surface area contributed by atoms with Crippen LogP contribution in [-0.4, -0.2) is 21.7 Å². The van der Waals surface area contributed by atoms with Gasteiger partial charge in [0.05, 0.1) is 12.1 Å². The zero-order valence-electron chi connectivity index (χ0n) is 11.5. The normalized spacial score (nSPS) is 13.3.